The van der Waals surface area contributed by atoms with Crippen molar-refractivity contribution in [1.29, 1.82) is 0 Å². The molecule has 1 aliphatic heterocycles. The van der Waals surface area contributed by atoms with Gasteiger partial charge in [-0.3, -0.25) is 9.98 Å². The fraction of sp³-hybridized carbons (Fsp3) is 0.333. The standard InChI is InChI=1S/C18H21ClN4O2.HI/c1-20-18(22-7-5-14-4-2-3-6-21-14)23-12-13-10-15(19)17-16(11-13)24-8-9-25-17;/h2-4,6,10-11H,5,7-9,12H2,1H3,(H2,20,22,23);1H. The zero-order valence-electron chi connectivity index (χ0n) is 14.5. The number of benzene rings is 1. The Morgan fingerprint density at radius 3 is 2.85 bits per heavy atom. The Bertz CT molecular complexity index is 743. The molecule has 2 aromatic rings. The van der Waals surface area contributed by atoms with Crippen molar-refractivity contribution in [1.82, 2.24) is 15.6 Å². The number of nitrogens with zero attached hydrogens (tertiary/aromatic N) is 2. The highest BCUT2D eigenvalue weighted by atomic mass is 127. The number of aromatic nitrogens is 1. The summed E-state index contributed by atoms with van der Waals surface area (Å²) in [5.41, 5.74) is 2.05. The molecule has 6 nitrogen and oxygen atoms in total. The minimum atomic E-state index is 0. The number of nitrogens with one attached hydrogen (secondary N) is 2. The van der Waals surface area contributed by atoms with Crippen molar-refractivity contribution in [3.05, 3.63) is 52.8 Å². The summed E-state index contributed by atoms with van der Waals surface area (Å²) < 4.78 is 11.1. The Morgan fingerprint density at radius 2 is 2.08 bits per heavy atom. The van der Waals surface area contributed by atoms with Gasteiger partial charge < -0.3 is 20.1 Å². The van der Waals surface area contributed by atoms with Crippen LogP contribution in [0.1, 0.15) is 11.3 Å². The lowest BCUT2D eigenvalue weighted by atomic mass is 10.2. The van der Waals surface area contributed by atoms with Crippen LogP contribution < -0.4 is 20.1 Å². The van der Waals surface area contributed by atoms with Crippen molar-refractivity contribution < 1.29 is 9.47 Å². The van der Waals surface area contributed by atoms with E-state index in [1.165, 1.54) is 0 Å². The molecule has 3 rings (SSSR count). The van der Waals surface area contributed by atoms with Crippen molar-refractivity contribution in [3.8, 4) is 11.5 Å². The van der Waals surface area contributed by atoms with Gasteiger partial charge in [0, 0.05) is 38.4 Å². The molecule has 26 heavy (non-hydrogen) atoms. The molecule has 0 aliphatic carbocycles. The summed E-state index contributed by atoms with van der Waals surface area (Å²) in [4.78, 5) is 8.53. The van der Waals surface area contributed by atoms with Gasteiger partial charge in [-0.15, -0.1) is 24.0 Å². The monoisotopic (exact) mass is 488 g/mol. The van der Waals surface area contributed by atoms with Crippen molar-refractivity contribution in [3.63, 3.8) is 0 Å². The molecule has 0 spiro atoms. The smallest absolute Gasteiger partial charge is 0.191 e. The van der Waals surface area contributed by atoms with Crippen LogP contribution in [-0.4, -0.2) is 37.7 Å². The Labute approximate surface area is 175 Å². The highest BCUT2D eigenvalue weighted by molar-refractivity contribution is 14.0. The lowest BCUT2D eigenvalue weighted by molar-refractivity contribution is 0.171. The zero-order valence-corrected chi connectivity index (χ0v) is 17.6. The summed E-state index contributed by atoms with van der Waals surface area (Å²) >= 11 is 6.26. The number of aliphatic imine (C=N–C) groups is 1. The normalized spacial score (nSPS) is 12.9. The molecular formula is C18H22ClIN4O2. The molecule has 0 saturated heterocycles. The van der Waals surface area contributed by atoms with E-state index in [0.29, 0.717) is 36.3 Å². The Kier molecular flexibility index (Phi) is 8.24. The fourth-order valence-corrected chi connectivity index (χ4v) is 2.82. The summed E-state index contributed by atoms with van der Waals surface area (Å²) in [5.74, 6) is 2.03. The number of hydrogen-bond donors (Lipinski definition) is 2. The van der Waals surface area contributed by atoms with Crippen LogP contribution in [0.2, 0.25) is 5.02 Å². The molecular weight excluding hydrogens is 467 g/mol. The Hall–Kier alpha value is -1.74. The third-order valence-electron chi connectivity index (χ3n) is 3.74. The molecule has 0 saturated carbocycles. The molecule has 2 heterocycles. The van der Waals surface area contributed by atoms with Crippen LogP contribution in [0, 0.1) is 0 Å². The molecule has 8 heteroatoms. The maximum atomic E-state index is 6.26. The van der Waals surface area contributed by atoms with Gasteiger partial charge in [-0.1, -0.05) is 17.7 Å². The maximum absolute atomic E-state index is 6.26. The minimum absolute atomic E-state index is 0. The molecule has 1 aromatic heterocycles. The van der Waals surface area contributed by atoms with E-state index >= 15 is 0 Å². The van der Waals surface area contributed by atoms with E-state index in [9.17, 15) is 0 Å². The highest BCUT2D eigenvalue weighted by Gasteiger charge is 2.16. The topological polar surface area (TPSA) is 67.8 Å². The Morgan fingerprint density at radius 1 is 1.23 bits per heavy atom. The zero-order chi connectivity index (χ0) is 17.5. The first-order chi connectivity index (χ1) is 12.3. The third kappa shape index (κ3) is 5.63. The van der Waals surface area contributed by atoms with E-state index in [1.54, 1.807) is 13.2 Å². The molecule has 0 amide bonds. The first-order valence-corrected chi connectivity index (χ1v) is 8.56. The molecule has 1 aromatic carbocycles. The summed E-state index contributed by atoms with van der Waals surface area (Å²) in [5, 5.41) is 7.11. The Balaban J connectivity index is 0.00000243. The largest absolute Gasteiger partial charge is 0.486 e. The number of ether oxygens (including phenoxy) is 2. The van der Waals surface area contributed by atoms with Crippen molar-refractivity contribution >= 4 is 41.5 Å². The van der Waals surface area contributed by atoms with Gasteiger partial charge in [0.1, 0.15) is 13.2 Å². The molecule has 1 aliphatic rings. The lowest BCUT2D eigenvalue weighted by Gasteiger charge is -2.20. The van der Waals surface area contributed by atoms with E-state index in [0.717, 1.165) is 30.2 Å². The number of fused-ring (bicyclic) bond motifs is 1. The van der Waals surface area contributed by atoms with Crippen molar-refractivity contribution in [2.24, 2.45) is 4.99 Å². The maximum Gasteiger partial charge on any atom is 0.191 e. The lowest BCUT2D eigenvalue weighted by Crippen LogP contribution is -2.37. The highest BCUT2D eigenvalue weighted by Crippen LogP contribution is 2.38. The van der Waals surface area contributed by atoms with Crippen LogP contribution in [0.5, 0.6) is 11.5 Å². The fourth-order valence-electron chi connectivity index (χ4n) is 2.53. The average molecular weight is 489 g/mol. The van der Waals surface area contributed by atoms with Gasteiger partial charge in [-0.05, 0) is 29.8 Å². The van der Waals surface area contributed by atoms with Gasteiger partial charge in [-0.2, -0.15) is 0 Å². The second-order valence-corrected chi connectivity index (χ2v) is 5.93. The van der Waals surface area contributed by atoms with Gasteiger partial charge in [0.25, 0.3) is 0 Å². The van der Waals surface area contributed by atoms with E-state index < -0.39 is 0 Å². The van der Waals surface area contributed by atoms with Crippen LogP contribution in [0.15, 0.2) is 41.5 Å². The third-order valence-corrected chi connectivity index (χ3v) is 4.02. The molecule has 0 atom stereocenters. The van der Waals surface area contributed by atoms with Crippen LogP contribution in [0.25, 0.3) is 0 Å². The van der Waals surface area contributed by atoms with Gasteiger partial charge in [0.05, 0.1) is 5.02 Å². The summed E-state index contributed by atoms with van der Waals surface area (Å²) in [6.45, 7) is 2.40. The number of pyridine rings is 1. The van der Waals surface area contributed by atoms with Crippen molar-refractivity contribution in [2.45, 2.75) is 13.0 Å². The molecule has 0 unspecified atom stereocenters. The van der Waals surface area contributed by atoms with Crippen LogP contribution in [0.4, 0.5) is 0 Å². The van der Waals surface area contributed by atoms with E-state index in [1.807, 2.05) is 30.3 Å². The van der Waals surface area contributed by atoms with Gasteiger partial charge in [0.15, 0.2) is 17.5 Å². The summed E-state index contributed by atoms with van der Waals surface area (Å²) in [6, 6.07) is 9.73. The molecule has 2 N–H and O–H groups in total. The SMILES string of the molecule is CN=C(NCCc1ccccn1)NCc1cc(Cl)c2c(c1)OCCO2.I. The van der Waals surface area contributed by atoms with E-state index in [4.69, 9.17) is 21.1 Å². The van der Waals surface area contributed by atoms with Crippen LogP contribution in [-0.2, 0) is 13.0 Å². The second kappa shape index (κ2) is 10.4. The summed E-state index contributed by atoms with van der Waals surface area (Å²) in [6.07, 6.45) is 2.63. The van der Waals surface area contributed by atoms with Gasteiger partial charge in [-0.25, -0.2) is 0 Å². The first-order valence-electron chi connectivity index (χ1n) is 8.18. The minimum Gasteiger partial charge on any atom is -0.486 e. The number of halogens is 2. The van der Waals surface area contributed by atoms with Crippen LogP contribution >= 0.6 is 35.6 Å². The number of hydrogen-bond acceptors (Lipinski definition) is 4. The molecule has 0 fully saturated rings. The number of guanidine groups is 1. The van der Waals surface area contributed by atoms with E-state index in [2.05, 4.69) is 20.6 Å². The predicted octanol–water partition coefficient (Wildman–Crippen LogP) is 3.03. The van der Waals surface area contributed by atoms with Crippen LogP contribution in [0.3, 0.4) is 0 Å². The molecule has 140 valence electrons. The average Bonchev–Trinajstić information content (AvgIpc) is 2.65. The predicted molar refractivity (Wildman–Crippen MR) is 114 cm³/mol. The van der Waals surface area contributed by atoms with E-state index in [-0.39, 0.29) is 24.0 Å². The first kappa shape index (κ1) is 20.6. The summed E-state index contributed by atoms with van der Waals surface area (Å²) in [7, 11) is 1.74. The van der Waals surface area contributed by atoms with Gasteiger partial charge >= 0.3 is 0 Å². The number of rotatable bonds is 5. The molecule has 0 radical (unpaired) electrons. The quantitative estimate of drug-likeness (QED) is 0.385. The van der Waals surface area contributed by atoms with Gasteiger partial charge in [0.2, 0.25) is 0 Å². The van der Waals surface area contributed by atoms with Crippen molar-refractivity contribution in [2.75, 3.05) is 26.8 Å². The molecule has 0 bridgehead atoms. The second-order valence-electron chi connectivity index (χ2n) is 5.53.